The number of likely N-dealkylation sites (N-methyl/N-ethyl adjacent to an activating group) is 1. The Kier molecular flexibility index (Phi) is 8.18. The van der Waals surface area contributed by atoms with Crippen LogP contribution in [0.3, 0.4) is 0 Å². The van der Waals surface area contributed by atoms with Gasteiger partial charge in [-0.2, -0.15) is 0 Å². The Hall–Kier alpha value is -4.95. The zero-order valence-electron chi connectivity index (χ0n) is 25.3. The maximum Gasteiger partial charge on any atom is 0.353 e. The minimum Gasteiger partial charge on any atom is -0.504 e. The first kappa shape index (κ1) is 32.0. The zero-order chi connectivity index (χ0) is 33.7. The van der Waals surface area contributed by atoms with Crippen LogP contribution in [-0.4, -0.2) is 92.6 Å². The van der Waals surface area contributed by atoms with Crippen molar-refractivity contribution in [1.29, 1.82) is 0 Å². The molecule has 0 aromatic heterocycles. The molecule has 2 aliphatic carbocycles. The number of nitrogens with zero attached hydrogens (tertiary/aromatic N) is 1. The van der Waals surface area contributed by atoms with Crippen LogP contribution in [0.5, 0.6) is 11.5 Å². The van der Waals surface area contributed by atoms with E-state index < -0.39 is 78.4 Å². The molecule has 47 heavy (non-hydrogen) atoms. The molecule has 2 aromatic rings. The van der Waals surface area contributed by atoms with Gasteiger partial charge >= 0.3 is 29.8 Å². The van der Waals surface area contributed by atoms with E-state index in [4.69, 9.17) is 24.1 Å². The number of piperidine rings is 1. The summed E-state index contributed by atoms with van der Waals surface area (Å²) in [6.45, 7) is 0.642. The van der Waals surface area contributed by atoms with Crippen LogP contribution in [0.25, 0.3) is 0 Å². The highest BCUT2D eigenvalue weighted by Crippen LogP contribution is 2.65. The number of aliphatic carboxylic acids is 2. The summed E-state index contributed by atoms with van der Waals surface area (Å²) in [5.41, 5.74) is -0.404. The average molecular weight is 652 g/mol. The highest BCUT2D eigenvalue weighted by Gasteiger charge is 2.72. The van der Waals surface area contributed by atoms with Gasteiger partial charge in [0.25, 0.3) is 0 Å². The molecule has 1 fully saturated rings. The number of rotatable bonds is 11. The van der Waals surface area contributed by atoms with Gasteiger partial charge in [0.05, 0.1) is 30.3 Å². The first-order valence-electron chi connectivity index (χ1n) is 15.1. The fraction of sp³-hybridized carbons (Fsp3) is 0.424. The second kappa shape index (κ2) is 12.0. The van der Waals surface area contributed by atoms with Crippen LogP contribution in [-0.2, 0) is 50.0 Å². The molecule has 2 heterocycles. The number of aromatic hydroxyl groups is 1. The number of phenolic OH excluding ortho intramolecular Hbond substituents is 1. The molecule has 4 N–H and O–H groups in total. The minimum atomic E-state index is -2.02. The number of benzene rings is 2. The van der Waals surface area contributed by atoms with Crippen LogP contribution in [0.15, 0.2) is 54.3 Å². The van der Waals surface area contributed by atoms with Gasteiger partial charge in [-0.25, -0.2) is 9.59 Å². The van der Waals surface area contributed by atoms with E-state index in [1.165, 1.54) is 24.3 Å². The molecule has 6 atom stereocenters. The predicted molar refractivity (Wildman–Crippen MR) is 157 cm³/mol. The number of carboxylic acid groups (broad SMARTS) is 2. The van der Waals surface area contributed by atoms with Crippen molar-refractivity contribution in [1.82, 2.24) is 4.90 Å². The molecule has 2 bridgehead atoms. The van der Waals surface area contributed by atoms with Crippen LogP contribution in [0.2, 0.25) is 0 Å². The third-order valence-corrected chi connectivity index (χ3v) is 9.58. The van der Waals surface area contributed by atoms with Crippen molar-refractivity contribution in [3.63, 3.8) is 0 Å². The van der Waals surface area contributed by atoms with E-state index in [0.29, 0.717) is 19.4 Å². The lowest BCUT2D eigenvalue weighted by atomic mass is 9.50. The Morgan fingerprint density at radius 3 is 2.45 bits per heavy atom. The topological polar surface area (TPSA) is 206 Å². The Morgan fingerprint density at radius 1 is 1.02 bits per heavy atom. The molecule has 2 aromatic carbocycles. The quantitative estimate of drug-likeness (QED) is 0.202. The van der Waals surface area contributed by atoms with Gasteiger partial charge in [-0.15, -0.1) is 0 Å². The lowest BCUT2D eigenvalue weighted by molar-refractivity contribution is -0.179. The molecule has 14 nitrogen and oxygen atoms in total. The number of likely N-dealkylation sites (tertiary alicyclic amines) is 1. The Morgan fingerprint density at radius 2 is 1.74 bits per heavy atom. The highest BCUT2D eigenvalue weighted by atomic mass is 16.6. The second-order valence-corrected chi connectivity index (χ2v) is 12.2. The number of ether oxygens (including phenoxy) is 4. The number of carboxylic acids is 2. The van der Waals surface area contributed by atoms with E-state index in [-0.39, 0.29) is 35.3 Å². The Labute approximate surface area is 268 Å². The number of esters is 3. The number of hydrogen-bond acceptors (Lipinski definition) is 12. The Bertz CT molecular complexity index is 1670. The normalized spacial score (nSPS) is 26.5. The predicted octanol–water partition coefficient (Wildman–Crippen LogP) is 1.75. The van der Waals surface area contributed by atoms with E-state index >= 15 is 0 Å². The van der Waals surface area contributed by atoms with E-state index in [1.807, 2.05) is 13.1 Å². The molecule has 0 radical (unpaired) electrons. The third-order valence-electron chi connectivity index (χ3n) is 9.58. The SMILES string of the molecule is CN1CC[C@]23c4c5ccc(O)c4O[C@H]2C(OC(=O)CCC(=O)O[C@H](C(=O)O[C@H](CC(=O)O)C(=O)O)c2ccccc2)=CC[C@@]3(O)[C@H]1C5. The third kappa shape index (κ3) is 5.36. The molecule has 4 aliphatic rings. The highest BCUT2D eigenvalue weighted by molar-refractivity contribution is 5.86. The molecule has 6 rings (SSSR count). The number of phenols is 1. The summed E-state index contributed by atoms with van der Waals surface area (Å²) >= 11 is 0. The van der Waals surface area contributed by atoms with Crippen LogP contribution < -0.4 is 4.74 Å². The minimum absolute atomic E-state index is 0.0789. The first-order chi connectivity index (χ1) is 22.4. The van der Waals surface area contributed by atoms with Gasteiger partial charge in [0.1, 0.15) is 5.76 Å². The number of hydrogen-bond donors (Lipinski definition) is 4. The zero-order valence-corrected chi connectivity index (χ0v) is 25.3. The summed E-state index contributed by atoms with van der Waals surface area (Å²) in [7, 11) is 1.95. The van der Waals surface area contributed by atoms with Crippen LogP contribution in [0.4, 0.5) is 0 Å². The molecule has 248 valence electrons. The van der Waals surface area contributed by atoms with Crippen molar-refractivity contribution in [3.8, 4) is 11.5 Å². The summed E-state index contributed by atoms with van der Waals surface area (Å²) in [5.74, 6) is -6.00. The number of aliphatic hydroxyl groups is 1. The largest absolute Gasteiger partial charge is 0.504 e. The van der Waals surface area contributed by atoms with Gasteiger partial charge in [0, 0.05) is 23.6 Å². The molecule has 1 spiro atoms. The maximum absolute atomic E-state index is 13.1. The standard InChI is InChI=1S/C33H33NO13/c1-34-14-13-32-26-18-7-8-19(35)28(26)47-29(32)20(11-12-33(32,43)22(34)15-18)44-24(38)9-10-25(39)46-27(17-5-3-2-4-6-17)31(42)45-21(30(40)41)16-23(36)37/h2-8,11,21-22,27,29,35,43H,9-10,12-16H2,1H3,(H,36,37)(H,40,41)/t21-,22-,27+,29+,32+,33-/m1/s1. The molecular formula is C33H33NO13. The van der Waals surface area contributed by atoms with Crippen molar-refractivity contribution < 1.29 is 63.3 Å². The second-order valence-electron chi connectivity index (χ2n) is 12.2. The fourth-order valence-corrected chi connectivity index (χ4v) is 7.43. The fourth-order valence-electron chi connectivity index (χ4n) is 7.43. The molecule has 0 saturated carbocycles. The van der Waals surface area contributed by atoms with Gasteiger partial charge in [-0.1, -0.05) is 36.4 Å². The van der Waals surface area contributed by atoms with E-state index in [0.717, 1.165) is 11.1 Å². The van der Waals surface area contributed by atoms with Crippen molar-refractivity contribution >= 4 is 29.8 Å². The smallest absolute Gasteiger partial charge is 0.353 e. The van der Waals surface area contributed by atoms with Crippen molar-refractivity contribution in [2.24, 2.45) is 0 Å². The lowest BCUT2D eigenvalue weighted by Gasteiger charge is -2.61. The van der Waals surface area contributed by atoms with Crippen LogP contribution >= 0.6 is 0 Å². The average Bonchev–Trinajstić information content (AvgIpc) is 3.39. The maximum atomic E-state index is 13.1. The molecule has 2 aliphatic heterocycles. The summed E-state index contributed by atoms with van der Waals surface area (Å²) in [6, 6.07) is 10.7. The summed E-state index contributed by atoms with van der Waals surface area (Å²) in [4.78, 5) is 63.4. The van der Waals surface area contributed by atoms with Gasteiger partial charge in [0.2, 0.25) is 12.2 Å². The molecule has 14 heteroatoms. The van der Waals surface area contributed by atoms with E-state index in [2.05, 4.69) is 4.90 Å². The summed E-state index contributed by atoms with van der Waals surface area (Å²) in [5, 5.41) is 41.1. The number of carbonyl (C=O) groups excluding carboxylic acids is 3. The van der Waals surface area contributed by atoms with E-state index in [1.54, 1.807) is 18.2 Å². The monoisotopic (exact) mass is 651 g/mol. The van der Waals surface area contributed by atoms with Crippen molar-refractivity contribution in [2.45, 2.75) is 73.9 Å². The van der Waals surface area contributed by atoms with Crippen molar-refractivity contribution in [3.05, 3.63) is 71.0 Å². The van der Waals surface area contributed by atoms with Crippen LogP contribution in [0.1, 0.15) is 54.9 Å². The molecular weight excluding hydrogens is 618 g/mol. The van der Waals surface area contributed by atoms with Gasteiger partial charge in [-0.05, 0) is 44.1 Å². The molecule has 0 unspecified atom stereocenters. The molecule has 1 saturated heterocycles. The van der Waals surface area contributed by atoms with Crippen LogP contribution in [0, 0.1) is 0 Å². The first-order valence-corrected chi connectivity index (χ1v) is 15.1. The number of carbonyl (C=O) groups is 5. The summed E-state index contributed by atoms with van der Waals surface area (Å²) in [6.07, 6.45) is -3.84. The van der Waals surface area contributed by atoms with Crippen molar-refractivity contribution in [2.75, 3.05) is 13.6 Å². The Balaban J connectivity index is 1.15. The lowest BCUT2D eigenvalue weighted by Crippen LogP contribution is -2.74. The van der Waals surface area contributed by atoms with Gasteiger partial charge < -0.3 is 44.3 Å². The van der Waals surface area contributed by atoms with Gasteiger partial charge in [0.15, 0.2) is 17.6 Å². The molecule has 0 amide bonds. The summed E-state index contributed by atoms with van der Waals surface area (Å²) < 4.78 is 22.1. The van der Waals surface area contributed by atoms with Gasteiger partial charge in [-0.3, -0.25) is 14.4 Å². The van der Waals surface area contributed by atoms with E-state index in [9.17, 15) is 39.3 Å².